The molecule has 1 aliphatic rings. The van der Waals surface area contributed by atoms with Gasteiger partial charge in [0.05, 0.1) is 8.59 Å². The lowest BCUT2D eigenvalue weighted by Crippen LogP contribution is -2.06. The van der Waals surface area contributed by atoms with Crippen molar-refractivity contribution in [2.24, 2.45) is 0 Å². The van der Waals surface area contributed by atoms with E-state index in [2.05, 4.69) is 27.6 Å². The Hall–Kier alpha value is 0.170. The van der Waals surface area contributed by atoms with E-state index in [9.17, 15) is 0 Å². The third-order valence-electron chi connectivity index (χ3n) is 2.25. The quantitative estimate of drug-likeness (QED) is 0.669. The Kier molecular flexibility index (Phi) is 2.55. The van der Waals surface area contributed by atoms with Crippen molar-refractivity contribution < 1.29 is 0 Å². The standard InChI is InChI=1S/C9H9ClIN/c10-9-6-3-1-2-4-8(6)12-5-7(9)11/h5H,1-4H2. The van der Waals surface area contributed by atoms with E-state index in [1.807, 2.05) is 6.20 Å². The predicted molar refractivity (Wildman–Crippen MR) is 58.6 cm³/mol. The second-order valence-electron chi connectivity index (χ2n) is 3.05. The monoisotopic (exact) mass is 293 g/mol. The van der Waals surface area contributed by atoms with Gasteiger partial charge in [-0.2, -0.15) is 0 Å². The summed E-state index contributed by atoms with van der Waals surface area (Å²) in [5.74, 6) is 0. The van der Waals surface area contributed by atoms with E-state index in [0.29, 0.717) is 0 Å². The molecule has 0 fully saturated rings. The molecule has 0 amide bonds. The molecular formula is C9H9ClIN. The summed E-state index contributed by atoms with van der Waals surface area (Å²) in [6.45, 7) is 0. The largest absolute Gasteiger partial charge is 0.260 e. The number of aryl methyl sites for hydroxylation is 1. The van der Waals surface area contributed by atoms with Crippen LogP contribution in [-0.2, 0) is 12.8 Å². The number of nitrogens with zero attached hydrogens (tertiary/aromatic N) is 1. The highest BCUT2D eigenvalue weighted by Crippen LogP contribution is 2.29. The Bertz CT molecular complexity index is 312. The lowest BCUT2D eigenvalue weighted by molar-refractivity contribution is 0.667. The number of aromatic nitrogens is 1. The zero-order valence-corrected chi connectivity index (χ0v) is 9.52. The molecule has 1 aliphatic carbocycles. The van der Waals surface area contributed by atoms with Crippen molar-refractivity contribution in [3.05, 3.63) is 26.0 Å². The number of hydrogen-bond donors (Lipinski definition) is 0. The molecule has 0 aliphatic heterocycles. The molecule has 0 unspecified atom stereocenters. The van der Waals surface area contributed by atoms with Gasteiger partial charge in [0.25, 0.3) is 0 Å². The molecule has 64 valence electrons. The first kappa shape index (κ1) is 8.75. The minimum Gasteiger partial charge on any atom is -0.260 e. The molecule has 0 radical (unpaired) electrons. The molecular weight excluding hydrogens is 284 g/mol. The molecule has 0 atom stereocenters. The van der Waals surface area contributed by atoms with Crippen LogP contribution in [0.3, 0.4) is 0 Å². The zero-order valence-electron chi connectivity index (χ0n) is 6.61. The van der Waals surface area contributed by atoms with Crippen molar-refractivity contribution in [2.45, 2.75) is 25.7 Å². The third-order valence-corrected chi connectivity index (χ3v) is 3.82. The van der Waals surface area contributed by atoms with Gasteiger partial charge in [0.15, 0.2) is 0 Å². The second kappa shape index (κ2) is 3.50. The van der Waals surface area contributed by atoms with E-state index in [-0.39, 0.29) is 0 Å². The lowest BCUT2D eigenvalue weighted by atomic mass is 9.96. The van der Waals surface area contributed by atoms with E-state index in [0.717, 1.165) is 21.4 Å². The van der Waals surface area contributed by atoms with Gasteiger partial charge in [0.2, 0.25) is 0 Å². The third kappa shape index (κ3) is 1.46. The van der Waals surface area contributed by atoms with Crippen LogP contribution in [-0.4, -0.2) is 4.98 Å². The van der Waals surface area contributed by atoms with Crippen molar-refractivity contribution in [3.8, 4) is 0 Å². The number of pyridine rings is 1. The Morgan fingerprint density at radius 3 is 2.92 bits per heavy atom. The topological polar surface area (TPSA) is 12.9 Å². The highest BCUT2D eigenvalue weighted by molar-refractivity contribution is 14.1. The minimum atomic E-state index is 0.931. The van der Waals surface area contributed by atoms with Crippen LogP contribution in [0.5, 0.6) is 0 Å². The molecule has 0 saturated carbocycles. The van der Waals surface area contributed by atoms with Crippen LogP contribution >= 0.6 is 34.2 Å². The van der Waals surface area contributed by atoms with Crippen LogP contribution in [0.15, 0.2) is 6.20 Å². The van der Waals surface area contributed by atoms with Gasteiger partial charge in [-0.25, -0.2) is 0 Å². The molecule has 1 aromatic heterocycles. The van der Waals surface area contributed by atoms with Crippen LogP contribution in [0.1, 0.15) is 24.1 Å². The van der Waals surface area contributed by atoms with Gasteiger partial charge >= 0.3 is 0 Å². The van der Waals surface area contributed by atoms with E-state index < -0.39 is 0 Å². The molecule has 2 rings (SSSR count). The predicted octanol–water partition coefficient (Wildman–Crippen LogP) is 3.22. The Morgan fingerprint density at radius 1 is 1.33 bits per heavy atom. The first-order valence-electron chi connectivity index (χ1n) is 4.11. The van der Waals surface area contributed by atoms with E-state index >= 15 is 0 Å². The zero-order chi connectivity index (χ0) is 8.55. The van der Waals surface area contributed by atoms with Gasteiger partial charge in [0.1, 0.15) is 0 Å². The Labute approximate surface area is 90.7 Å². The maximum absolute atomic E-state index is 6.16. The first-order valence-corrected chi connectivity index (χ1v) is 5.56. The SMILES string of the molecule is Clc1c(I)cnc2c1CCCC2. The van der Waals surface area contributed by atoms with Gasteiger partial charge in [-0.1, -0.05) is 11.6 Å². The number of rotatable bonds is 0. The molecule has 0 bridgehead atoms. The molecule has 1 aromatic rings. The molecule has 12 heavy (non-hydrogen) atoms. The summed E-state index contributed by atoms with van der Waals surface area (Å²) in [5.41, 5.74) is 2.50. The molecule has 3 heteroatoms. The summed E-state index contributed by atoms with van der Waals surface area (Å²) >= 11 is 8.40. The minimum absolute atomic E-state index is 0.931. The normalized spacial score (nSPS) is 15.8. The summed E-state index contributed by atoms with van der Waals surface area (Å²) in [6.07, 6.45) is 6.60. The van der Waals surface area contributed by atoms with Gasteiger partial charge < -0.3 is 0 Å². The fourth-order valence-corrected chi connectivity index (χ4v) is 2.32. The van der Waals surface area contributed by atoms with Crippen molar-refractivity contribution >= 4 is 34.2 Å². The average molecular weight is 294 g/mol. The highest BCUT2D eigenvalue weighted by atomic mass is 127. The van der Waals surface area contributed by atoms with Gasteiger partial charge in [-0.05, 0) is 53.8 Å². The van der Waals surface area contributed by atoms with Gasteiger partial charge in [0, 0.05) is 11.9 Å². The maximum atomic E-state index is 6.16. The summed E-state index contributed by atoms with van der Waals surface area (Å²) in [5, 5.41) is 0.931. The Balaban J connectivity index is 2.54. The van der Waals surface area contributed by atoms with Crippen molar-refractivity contribution in [2.75, 3.05) is 0 Å². The van der Waals surface area contributed by atoms with E-state index in [1.165, 1.54) is 24.1 Å². The molecule has 1 heterocycles. The van der Waals surface area contributed by atoms with Crippen molar-refractivity contribution in [1.29, 1.82) is 0 Å². The van der Waals surface area contributed by atoms with E-state index in [1.54, 1.807) is 0 Å². The Morgan fingerprint density at radius 2 is 2.08 bits per heavy atom. The van der Waals surface area contributed by atoms with E-state index in [4.69, 9.17) is 11.6 Å². The van der Waals surface area contributed by atoms with Gasteiger partial charge in [-0.3, -0.25) is 4.98 Å². The van der Waals surface area contributed by atoms with Crippen LogP contribution < -0.4 is 0 Å². The van der Waals surface area contributed by atoms with Crippen LogP contribution in [0.25, 0.3) is 0 Å². The first-order chi connectivity index (χ1) is 5.79. The summed E-state index contributed by atoms with van der Waals surface area (Å²) in [7, 11) is 0. The number of fused-ring (bicyclic) bond motifs is 1. The molecule has 0 aromatic carbocycles. The average Bonchev–Trinajstić information content (AvgIpc) is 2.12. The van der Waals surface area contributed by atoms with Crippen LogP contribution in [0.2, 0.25) is 5.02 Å². The van der Waals surface area contributed by atoms with Crippen molar-refractivity contribution in [1.82, 2.24) is 4.98 Å². The summed E-state index contributed by atoms with van der Waals surface area (Å²) in [4.78, 5) is 4.39. The van der Waals surface area contributed by atoms with Crippen LogP contribution in [0.4, 0.5) is 0 Å². The van der Waals surface area contributed by atoms with Crippen molar-refractivity contribution in [3.63, 3.8) is 0 Å². The molecule has 0 saturated heterocycles. The molecule has 0 N–H and O–H groups in total. The summed E-state index contributed by atoms with van der Waals surface area (Å²) < 4.78 is 1.08. The fraction of sp³-hybridized carbons (Fsp3) is 0.444. The number of hydrogen-bond acceptors (Lipinski definition) is 1. The summed E-state index contributed by atoms with van der Waals surface area (Å²) in [6, 6.07) is 0. The maximum Gasteiger partial charge on any atom is 0.0605 e. The van der Waals surface area contributed by atoms with Crippen LogP contribution in [0, 0.1) is 3.57 Å². The second-order valence-corrected chi connectivity index (χ2v) is 4.59. The highest BCUT2D eigenvalue weighted by Gasteiger charge is 2.14. The molecule has 0 spiro atoms. The fourth-order valence-electron chi connectivity index (χ4n) is 1.60. The number of halogens is 2. The molecule has 1 nitrogen and oxygen atoms in total. The smallest absolute Gasteiger partial charge is 0.0605 e. The lowest BCUT2D eigenvalue weighted by Gasteiger charge is -2.16. The van der Waals surface area contributed by atoms with Gasteiger partial charge in [-0.15, -0.1) is 0 Å².